The lowest BCUT2D eigenvalue weighted by Crippen LogP contribution is -2.24. The molecule has 1 rings (SSSR count). The highest BCUT2D eigenvalue weighted by Crippen LogP contribution is 2.25. The van der Waals surface area contributed by atoms with Crippen LogP contribution >= 0.6 is 0 Å². The van der Waals surface area contributed by atoms with Crippen molar-refractivity contribution < 1.29 is 9.72 Å². The number of benzene rings is 1. The molecule has 0 atom stereocenters. The minimum Gasteiger partial charge on any atom is -0.370 e. The molecule has 0 saturated carbocycles. The Hall–Kier alpha value is -2.70. The van der Waals surface area contributed by atoms with Gasteiger partial charge >= 0.3 is 0 Å². The second-order valence-electron chi connectivity index (χ2n) is 4.48. The second-order valence-corrected chi connectivity index (χ2v) is 4.48. The van der Waals surface area contributed by atoms with Gasteiger partial charge in [-0.3, -0.25) is 14.9 Å². The first-order valence-corrected chi connectivity index (χ1v) is 6.43. The van der Waals surface area contributed by atoms with E-state index in [2.05, 4.69) is 4.99 Å². The largest absolute Gasteiger partial charge is 0.370 e. The van der Waals surface area contributed by atoms with E-state index in [9.17, 15) is 14.9 Å². The molecule has 0 aliphatic heterocycles. The maximum absolute atomic E-state index is 11.8. The van der Waals surface area contributed by atoms with Gasteiger partial charge in [0.1, 0.15) is 0 Å². The summed E-state index contributed by atoms with van der Waals surface area (Å²) in [5.74, 6) is -1.07. The summed E-state index contributed by atoms with van der Waals surface area (Å²) in [5.41, 5.74) is 11.5. The third kappa shape index (κ3) is 4.41. The summed E-state index contributed by atoms with van der Waals surface area (Å²) in [7, 11) is 0. The molecule has 1 amide bonds. The first kappa shape index (κ1) is 16.4. The number of hydrogen-bond acceptors (Lipinski definition) is 3. The molecular weight excluding hydrogens is 272 g/mol. The van der Waals surface area contributed by atoms with Crippen molar-refractivity contribution in [1.29, 1.82) is 0 Å². The first-order chi connectivity index (χ1) is 9.86. The summed E-state index contributed by atoms with van der Waals surface area (Å²) in [5, 5.41) is 11.1. The number of nitro groups is 1. The van der Waals surface area contributed by atoms with Crippen LogP contribution in [-0.2, 0) is 6.42 Å². The van der Waals surface area contributed by atoms with Crippen LogP contribution in [0, 0.1) is 17.0 Å². The molecule has 1 aromatic carbocycles. The van der Waals surface area contributed by atoms with Crippen molar-refractivity contribution in [1.82, 2.24) is 0 Å². The number of aliphatic imine (C=N–C) groups is 1. The number of guanidine groups is 1. The second kappa shape index (κ2) is 7.18. The van der Waals surface area contributed by atoms with E-state index in [0.717, 1.165) is 6.42 Å². The van der Waals surface area contributed by atoms with E-state index in [0.29, 0.717) is 17.5 Å². The molecule has 0 aliphatic rings. The lowest BCUT2D eigenvalue weighted by atomic mass is 10.0. The highest BCUT2D eigenvalue weighted by molar-refractivity contribution is 6.03. The topological polar surface area (TPSA) is 125 Å². The maximum Gasteiger partial charge on any atom is 0.280 e. The SMILES string of the molecule is CCC=CCc1cc(C)c(C(=O)N=C(N)N)cc1[N+](=O)[O-]. The Bertz CT molecular complexity index is 617. The average molecular weight is 290 g/mol. The fourth-order valence-electron chi connectivity index (χ4n) is 1.87. The average Bonchev–Trinajstić information content (AvgIpc) is 2.37. The van der Waals surface area contributed by atoms with Crippen molar-refractivity contribution in [3.05, 3.63) is 51.1 Å². The zero-order chi connectivity index (χ0) is 16.0. The minimum absolute atomic E-state index is 0.115. The number of nitrogens with zero attached hydrogens (tertiary/aromatic N) is 2. The van der Waals surface area contributed by atoms with Gasteiger partial charge < -0.3 is 11.5 Å². The van der Waals surface area contributed by atoms with Crippen molar-refractivity contribution in [2.75, 3.05) is 0 Å². The van der Waals surface area contributed by atoms with Crippen molar-refractivity contribution >= 4 is 17.6 Å². The summed E-state index contributed by atoms with van der Waals surface area (Å²) in [6, 6.07) is 2.84. The van der Waals surface area contributed by atoms with Gasteiger partial charge in [-0.25, -0.2) is 0 Å². The molecule has 0 saturated heterocycles. The lowest BCUT2D eigenvalue weighted by molar-refractivity contribution is -0.385. The van der Waals surface area contributed by atoms with Gasteiger partial charge in [-0.2, -0.15) is 4.99 Å². The van der Waals surface area contributed by atoms with Crippen LogP contribution in [0.15, 0.2) is 29.3 Å². The summed E-state index contributed by atoms with van der Waals surface area (Å²) >= 11 is 0. The molecule has 0 radical (unpaired) electrons. The number of nitrogens with two attached hydrogens (primary N) is 2. The van der Waals surface area contributed by atoms with Crippen LogP contribution in [0.25, 0.3) is 0 Å². The number of aryl methyl sites for hydroxylation is 1. The van der Waals surface area contributed by atoms with E-state index in [1.165, 1.54) is 6.07 Å². The van der Waals surface area contributed by atoms with Crippen molar-refractivity contribution in [3.8, 4) is 0 Å². The first-order valence-electron chi connectivity index (χ1n) is 6.43. The van der Waals surface area contributed by atoms with Gasteiger partial charge in [0.15, 0.2) is 5.96 Å². The molecule has 7 heteroatoms. The Morgan fingerprint density at radius 1 is 1.38 bits per heavy atom. The van der Waals surface area contributed by atoms with Gasteiger partial charge in [-0.1, -0.05) is 19.1 Å². The third-order valence-electron chi connectivity index (χ3n) is 2.82. The fraction of sp³-hybridized carbons (Fsp3) is 0.286. The van der Waals surface area contributed by atoms with Crippen LogP contribution in [-0.4, -0.2) is 16.8 Å². The van der Waals surface area contributed by atoms with Crippen LogP contribution in [0.5, 0.6) is 0 Å². The molecule has 0 spiro atoms. The zero-order valence-electron chi connectivity index (χ0n) is 12.0. The summed E-state index contributed by atoms with van der Waals surface area (Å²) in [6.45, 7) is 3.67. The van der Waals surface area contributed by atoms with Crippen LogP contribution in [0.4, 0.5) is 5.69 Å². The van der Waals surface area contributed by atoms with Gasteiger partial charge in [0, 0.05) is 11.6 Å². The number of nitro benzene ring substituents is 1. The van der Waals surface area contributed by atoms with Gasteiger partial charge in [0.2, 0.25) is 0 Å². The molecule has 0 aliphatic carbocycles. The monoisotopic (exact) mass is 290 g/mol. The van der Waals surface area contributed by atoms with Gasteiger partial charge in [-0.05, 0) is 31.4 Å². The number of allylic oxidation sites excluding steroid dienone is 2. The highest BCUT2D eigenvalue weighted by Gasteiger charge is 2.19. The van der Waals surface area contributed by atoms with Crippen molar-refractivity contribution in [2.24, 2.45) is 16.5 Å². The molecule has 0 unspecified atom stereocenters. The molecule has 0 heterocycles. The highest BCUT2D eigenvalue weighted by atomic mass is 16.6. The molecule has 7 nitrogen and oxygen atoms in total. The van der Waals surface area contributed by atoms with Crippen LogP contribution in [0.2, 0.25) is 0 Å². The lowest BCUT2D eigenvalue weighted by Gasteiger charge is -2.06. The van der Waals surface area contributed by atoms with Gasteiger partial charge in [-0.15, -0.1) is 0 Å². The number of amides is 1. The summed E-state index contributed by atoms with van der Waals surface area (Å²) < 4.78 is 0. The quantitative estimate of drug-likeness (QED) is 0.281. The number of rotatable bonds is 5. The summed E-state index contributed by atoms with van der Waals surface area (Å²) in [6.07, 6.45) is 5.08. The van der Waals surface area contributed by atoms with E-state index >= 15 is 0 Å². The molecular formula is C14H18N4O3. The maximum atomic E-state index is 11.8. The molecule has 1 aromatic rings. The third-order valence-corrected chi connectivity index (χ3v) is 2.82. The molecule has 0 fully saturated rings. The smallest absolute Gasteiger partial charge is 0.280 e. The fourth-order valence-corrected chi connectivity index (χ4v) is 1.87. The standard InChI is InChI=1S/C14H18N4O3/c1-3-4-5-6-10-7-9(2)11(8-12(10)18(20)21)13(19)17-14(15)16/h4-5,7-8H,3,6H2,1-2H3,(H4,15,16,17,19). The van der Waals surface area contributed by atoms with E-state index in [1.54, 1.807) is 13.0 Å². The van der Waals surface area contributed by atoms with Crippen LogP contribution in [0.3, 0.4) is 0 Å². The van der Waals surface area contributed by atoms with Crippen LogP contribution < -0.4 is 11.5 Å². The van der Waals surface area contributed by atoms with Crippen molar-refractivity contribution in [3.63, 3.8) is 0 Å². The van der Waals surface area contributed by atoms with E-state index < -0.39 is 10.8 Å². The predicted molar refractivity (Wildman–Crippen MR) is 81.1 cm³/mol. The summed E-state index contributed by atoms with van der Waals surface area (Å²) in [4.78, 5) is 25.9. The number of hydrogen-bond donors (Lipinski definition) is 2. The van der Waals surface area contributed by atoms with E-state index in [1.807, 2.05) is 19.1 Å². The molecule has 112 valence electrons. The Labute approximate surface area is 122 Å². The minimum atomic E-state index is -0.689. The zero-order valence-corrected chi connectivity index (χ0v) is 12.0. The van der Waals surface area contributed by atoms with Gasteiger partial charge in [0.05, 0.1) is 10.5 Å². The molecule has 0 aromatic heterocycles. The van der Waals surface area contributed by atoms with Crippen molar-refractivity contribution in [2.45, 2.75) is 26.7 Å². The number of carbonyl (C=O) groups excluding carboxylic acids is 1. The number of carbonyl (C=O) groups is 1. The Morgan fingerprint density at radius 3 is 2.57 bits per heavy atom. The molecule has 4 N–H and O–H groups in total. The van der Waals surface area contributed by atoms with E-state index in [-0.39, 0.29) is 17.2 Å². The molecule has 21 heavy (non-hydrogen) atoms. The van der Waals surface area contributed by atoms with E-state index in [4.69, 9.17) is 11.5 Å². The Kier molecular flexibility index (Phi) is 5.59. The van der Waals surface area contributed by atoms with Crippen LogP contribution in [0.1, 0.15) is 34.8 Å². The molecule has 0 bridgehead atoms. The Morgan fingerprint density at radius 2 is 2.05 bits per heavy atom. The van der Waals surface area contributed by atoms with Gasteiger partial charge in [0.25, 0.3) is 11.6 Å². The predicted octanol–water partition coefficient (Wildman–Crippen LogP) is 1.83. The Balaban J connectivity index is 3.30. The normalized spacial score (nSPS) is 10.6.